The van der Waals surface area contributed by atoms with Gasteiger partial charge in [-0.15, -0.1) is 12.4 Å². The first kappa shape index (κ1) is 17.6. The summed E-state index contributed by atoms with van der Waals surface area (Å²) in [4.78, 5) is 22.9. The van der Waals surface area contributed by atoms with Gasteiger partial charge in [-0.1, -0.05) is 0 Å². The van der Waals surface area contributed by atoms with Crippen LogP contribution in [-0.4, -0.2) is 24.0 Å². The molecule has 2 saturated heterocycles. The topological polar surface area (TPSA) is 96.2 Å². The molecule has 0 aliphatic carbocycles. The van der Waals surface area contributed by atoms with Crippen molar-refractivity contribution in [2.45, 2.75) is 44.2 Å². The first-order valence-electron chi connectivity index (χ1n) is 7.81. The number of nitrogens with one attached hydrogen (secondary N) is 3. The molecule has 7 heteroatoms. The largest absolute Gasteiger partial charge is 0.351 e. The van der Waals surface area contributed by atoms with E-state index in [4.69, 9.17) is 5.73 Å². The minimum atomic E-state index is -0.600. The minimum absolute atomic E-state index is 0. The molecule has 2 heterocycles. The SMILES string of the molecule is Cl.NC(=O)Nc1ccc(NC(=O)CC2CC3CCC(C2)N3)cc1. The Kier molecular flexibility index (Phi) is 5.85. The monoisotopic (exact) mass is 338 g/mol. The van der Waals surface area contributed by atoms with E-state index in [1.807, 2.05) is 0 Å². The molecule has 2 atom stereocenters. The van der Waals surface area contributed by atoms with Gasteiger partial charge in [-0.05, 0) is 55.9 Å². The lowest BCUT2D eigenvalue weighted by molar-refractivity contribution is -0.117. The highest BCUT2D eigenvalue weighted by Crippen LogP contribution is 2.32. The van der Waals surface area contributed by atoms with Crippen LogP contribution in [0.25, 0.3) is 0 Å². The molecule has 5 N–H and O–H groups in total. The number of carbonyl (C=O) groups is 2. The maximum atomic E-state index is 12.2. The maximum Gasteiger partial charge on any atom is 0.316 e. The summed E-state index contributed by atoms with van der Waals surface area (Å²) in [5.41, 5.74) is 6.39. The summed E-state index contributed by atoms with van der Waals surface area (Å²) in [7, 11) is 0. The summed E-state index contributed by atoms with van der Waals surface area (Å²) in [5, 5.41) is 8.99. The maximum absolute atomic E-state index is 12.2. The number of hydrogen-bond acceptors (Lipinski definition) is 3. The van der Waals surface area contributed by atoms with Gasteiger partial charge >= 0.3 is 6.03 Å². The van der Waals surface area contributed by atoms with E-state index in [1.54, 1.807) is 24.3 Å². The number of fused-ring (bicyclic) bond motifs is 2. The number of rotatable bonds is 4. The van der Waals surface area contributed by atoms with Crippen LogP contribution < -0.4 is 21.7 Å². The highest BCUT2D eigenvalue weighted by atomic mass is 35.5. The standard InChI is InChI=1S/C16H22N4O2.ClH/c17-16(22)20-12-3-1-11(2-4-12)19-15(21)9-10-7-13-5-6-14(8-10)18-13;/h1-4,10,13-14,18H,5-9H2,(H,19,21)(H3,17,20,22);1H. The molecule has 126 valence electrons. The summed E-state index contributed by atoms with van der Waals surface area (Å²) >= 11 is 0. The Bertz CT molecular complexity index is 552. The number of anilines is 2. The van der Waals surface area contributed by atoms with E-state index in [-0.39, 0.29) is 18.3 Å². The fourth-order valence-corrected chi connectivity index (χ4v) is 3.60. The van der Waals surface area contributed by atoms with E-state index in [1.165, 1.54) is 12.8 Å². The number of hydrogen-bond donors (Lipinski definition) is 4. The third kappa shape index (κ3) is 4.84. The van der Waals surface area contributed by atoms with Crippen molar-refractivity contribution in [3.05, 3.63) is 24.3 Å². The lowest BCUT2D eigenvalue weighted by Crippen LogP contribution is -2.39. The Morgan fingerprint density at radius 3 is 2.09 bits per heavy atom. The number of nitrogens with two attached hydrogens (primary N) is 1. The van der Waals surface area contributed by atoms with Gasteiger partial charge in [0, 0.05) is 29.9 Å². The molecule has 1 aromatic rings. The van der Waals surface area contributed by atoms with Crippen molar-refractivity contribution < 1.29 is 9.59 Å². The smallest absolute Gasteiger partial charge is 0.316 e. The molecule has 0 saturated carbocycles. The fraction of sp³-hybridized carbons (Fsp3) is 0.500. The van der Waals surface area contributed by atoms with Crippen LogP contribution in [0.15, 0.2) is 24.3 Å². The van der Waals surface area contributed by atoms with E-state index in [0.717, 1.165) is 18.5 Å². The quantitative estimate of drug-likeness (QED) is 0.679. The number of primary amides is 1. The zero-order valence-corrected chi connectivity index (χ0v) is 13.7. The predicted octanol–water partition coefficient (Wildman–Crippen LogP) is 2.46. The molecule has 23 heavy (non-hydrogen) atoms. The van der Waals surface area contributed by atoms with Crippen LogP contribution in [0.4, 0.5) is 16.2 Å². The molecule has 3 amide bonds. The Labute approximate surface area is 142 Å². The molecule has 2 aliphatic heterocycles. The second kappa shape index (κ2) is 7.66. The van der Waals surface area contributed by atoms with E-state index in [0.29, 0.717) is 30.1 Å². The zero-order valence-electron chi connectivity index (χ0n) is 12.9. The first-order valence-corrected chi connectivity index (χ1v) is 7.81. The van der Waals surface area contributed by atoms with E-state index >= 15 is 0 Å². The molecule has 2 fully saturated rings. The Hall–Kier alpha value is -1.79. The van der Waals surface area contributed by atoms with Gasteiger partial charge in [0.05, 0.1) is 0 Å². The molecule has 0 aromatic heterocycles. The van der Waals surface area contributed by atoms with Gasteiger partial charge in [0.2, 0.25) is 5.91 Å². The van der Waals surface area contributed by atoms with Crippen molar-refractivity contribution in [1.29, 1.82) is 0 Å². The van der Waals surface area contributed by atoms with E-state index in [9.17, 15) is 9.59 Å². The molecule has 2 unspecified atom stereocenters. The summed E-state index contributed by atoms with van der Waals surface area (Å²) in [5.74, 6) is 0.538. The number of piperidine rings is 1. The molecule has 6 nitrogen and oxygen atoms in total. The van der Waals surface area contributed by atoms with Crippen LogP contribution in [0, 0.1) is 5.92 Å². The summed E-state index contributed by atoms with van der Waals surface area (Å²) < 4.78 is 0. The van der Waals surface area contributed by atoms with Gasteiger partial charge in [0.15, 0.2) is 0 Å². The first-order chi connectivity index (χ1) is 10.6. The van der Waals surface area contributed by atoms with E-state index in [2.05, 4.69) is 16.0 Å². The lowest BCUT2D eigenvalue weighted by atomic mass is 9.89. The Morgan fingerprint density at radius 1 is 1.04 bits per heavy atom. The third-order valence-electron chi connectivity index (χ3n) is 4.48. The lowest BCUT2D eigenvalue weighted by Gasteiger charge is -2.28. The van der Waals surface area contributed by atoms with Crippen molar-refractivity contribution in [3.8, 4) is 0 Å². The normalized spacial score (nSPS) is 25.3. The number of amides is 3. The number of urea groups is 1. The van der Waals surface area contributed by atoms with Crippen molar-refractivity contribution in [3.63, 3.8) is 0 Å². The molecule has 0 spiro atoms. The number of carbonyl (C=O) groups excluding carboxylic acids is 2. The van der Waals surface area contributed by atoms with Gasteiger partial charge in [0.25, 0.3) is 0 Å². The van der Waals surface area contributed by atoms with Crippen LogP contribution in [-0.2, 0) is 4.79 Å². The number of halogens is 1. The molecule has 2 aliphatic rings. The van der Waals surface area contributed by atoms with Crippen molar-refractivity contribution in [2.24, 2.45) is 11.7 Å². The van der Waals surface area contributed by atoms with E-state index < -0.39 is 6.03 Å². The highest BCUT2D eigenvalue weighted by molar-refractivity contribution is 5.92. The second-order valence-corrected chi connectivity index (χ2v) is 6.29. The fourth-order valence-electron chi connectivity index (χ4n) is 3.60. The Balaban J connectivity index is 0.00000192. The average Bonchev–Trinajstić information content (AvgIpc) is 2.79. The van der Waals surface area contributed by atoms with Crippen molar-refractivity contribution >= 4 is 35.7 Å². The van der Waals surface area contributed by atoms with Crippen LogP contribution in [0.5, 0.6) is 0 Å². The summed E-state index contributed by atoms with van der Waals surface area (Å²) in [6.45, 7) is 0. The van der Waals surface area contributed by atoms with Gasteiger partial charge in [-0.3, -0.25) is 4.79 Å². The summed E-state index contributed by atoms with van der Waals surface area (Å²) in [6.07, 6.45) is 5.28. The van der Waals surface area contributed by atoms with Gasteiger partial charge in [-0.2, -0.15) is 0 Å². The Morgan fingerprint density at radius 2 is 1.57 bits per heavy atom. The summed E-state index contributed by atoms with van der Waals surface area (Å²) in [6, 6.07) is 7.56. The molecule has 2 bridgehead atoms. The van der Waals surface area contributed by atoms with Crippen LogP contribution >= 0.6 is 12.4 Å². The molecular formula is C16H23ClN4O2. The van der Waals surface area contributed by atoms with Crippen LogP contribution in [0.2, 0.25) is 0 Å². The molecule has 1 aromatic carbocycles. The third-order valence-corrected chi connectivity index (χ3v) is 4.48. The van der Waals surface area contributed by atoms with Crippen molar-refractivity contribution in [1.82, 2.24) is 5.32 Å². The second-order valence-electron chi connectivity index (χ2n) is 6.29. The van der Waals surface area contributed by atoms with Gasteiger partial charge in [0.1, 0.15) is 0 Å². The highest BCUT2D eigenvalue weighted by Gasteiger charge is 2.34. The zero-order chi connectivity index (χ0) is 15.5. The molecule has 3 rings (SSSR count). The molecule has 0 radical (unpaired) electrons. The molecular weight excluding hydrogens is 316 g/mol. The van der Waals surface area contributed by atoms with Crippen molar-refractivity contribution in [2.75, 3.05) is 10.6 Å². The van der Waals surface area contributed by atoms with Gasteiger partial charge in [-0.25, -0.2) is 4.79 Å². The minimum Gasteiger partial charge on any atom is -0.351 e. The van der Waals surface area contributed by atoms with Gasteiger partial charge < -0.3 is 21.7 Å². The number of benzene rings is 1. The van der Waals surface area contributed by atoms with Crippen LogP contribution in [0.3, 0.4) is 0 Å². The van der Waals surface area contributed by atoms with Crippen LogP contribution in [0.1, 0.15) is 32.1 Å². The predicted molar refractivity (Wildman–Crippen MR) is 92.8 cm³/mol. The average molecular weight is 339 g/mol.